The van der Waals surface area contributed by atoms with Gasteiger partial charge in [-0.05, 0) is 55.3 Å². The number of hydrogen-bond acceptors (Lipinski definition) is 4. The Bertz CT molecular complexity index is 1140. The SMILES string of the molecule is CC1Oc2ccc(NC(=O)CCCOc3ccccc3)cc2N(Cc2ccccc2Cl)C1=O. The second-order valence-corrected chi connectivity index (χ2v) is 8.18. The molecule has 1 aliphatic heterocycles. The summed E-state index contributed by atoms with van der Waals surface area (Å²) in [5.74, 6) is 1.08. The van der Waals surface area contributed by atoms with Crippen LogP contribution in [-0.2, 0) is 16.1 Å². The van der Waals surface area contributed by atoms with E-state index in [1.807, 2.05) is 48.5 Å². The third kappa shape index (κ3) is 5.65. The average molecular weight is 465 g/mol. The predicted octanol–water partition coefficient (Wildman–Crippen LogP) is 5.45. The lowest BCUT2D eigenvalue weighted by atomic mass is 10.1. The molecule has 0 aromatic heterocycles. The lowest BCUT2D eigenvalue weighted by molar-refractivity contribution is -0.125. The van der Waals surface area contributed by atoms with E-state index < -0.39 is 6.10 Å². The molecule has 1 N–H and O–H groups in total. The van der Waals surface area contributed by atoms with Crippen molar-refractivity contribution in [1.29, 1.82) is 0 Å². The van der Waals surface area contributed by atoms with Gasteiger partial charge < -0.3 is 19.7 Å². The molecule has 0 saturated carbocycles. The predicted molar refractivity (Wildman–Crippen MR) is 129 cm³/mol. The van der Waals surface area contributed by atoms with E-state index in [1.54, 1.807) is 36.1 Å². The van der Waals surface area contributed by atoms with Crippen molar-refractivity contribution < 1.29 is 19.1 Å². The average Bonchev–Trinajstić information content (AvgIpc) is 2.82. The van der Waals surface area contributed by atoms with Crippen LogP contribution in [0.4, 0.5) is 11.4 Å². The monoisotopic (exact) mass is 464 g/mol. The number of rotatable bonds is 8. The van der Waals surface area contributed by atoms with E-state index in [-0.39, 0.29) is 11.8 Å². The summed E-state index contributed by atoms with van der Waals surface area (Å²) >= 11 is 6.32. The van der Waals surface area contributed by atoms with Crippen LogP contribution in [-0.4, -0.2) is 24.5 Å². The van der Waals surface area contributed by atoms with E-state index >= 15 is 0 Å². The number of amides is 2. The molecule has 0 saturated heterocycles. The Kier molecular flexibility index (Phi) is 7.15. The molecule has 170 valence electrons. The number of fused-ring (bicyclic) bond motifs is 1. The number of nitrogens with zero attached hydrogens (tertiary/aromatic N) is 1. The Hall–Kier alpha value is -3.51. The molecular formula is C26H25ClN2O4. The standard InChI is InChI=1S/C26H25ClN2O4/c1-18-26(31)29(17-19-8-5-6-11-22(19)27)23-16-20(13-14-24(23)33-18)28-25(30)12-7-15-32-21-9-3-2-4-10-21/h2-6,8-11,13-14,16,18H,7,12,15,17H2,1H3,(H,28,30). The summed E-state index contributed by atoms with van der Waals surface area (Å²) in [6, 6.07) is 22.2. The molecule has 0 aliphatic carbocycles. The molecule has 0 fully saturated rings. The van der Waals surface area contributed by atoms with Crippen molar-refractivity contribution in [3.63, 3.8) is 0 Å². The van der Waals surface area contributed by atoms with Gasteiger partial charge in [0.05, 0.1) is 18.8 Å². The lowest BCUT2D eigenvalue weighted by Gasteiger charge is -2.33. The fourth-order valence-electron chi connectivity index (χ4n) is 3.61. The van der Waals surface area contributed by atoms with Crippen LogP contribution in [0.25, 0.3) is 0 Å². The van der Waals surface area contributed by atoms with Gasteiger partial charge in [-0.3, -0.25) is 9.59 Å². The molecule has 1 aliphatic rings. The summed E-state index contributed by atoms with van der Waals surface area (Å²) in [5.41, 5.74) is 2.03. The summed E-state index contributed by atoms with van der Waals surface area (Å²) in [6.45, 7) is 2.49. The number of halogens is 1. The van der Waals surface area contributed by atoms with Crippen molar-refractivity contribution in [1.82, 2.24) is 0 Å². The van der Waals surface area contributed by atoms with Crippen molar-refractivity contribution in [2.45, 2.75) is 32.4 Å². The Morgan fingerprint density at radius 2 is 1.85 bits per heavy atom. The molecule has 1 heterocycles. The number of carbonyl (C=O) groups excluding carboxylic acids is 2. The van der Waals surface area contributed by atoms with Crippen LogP contribution in [0.5, 0.6) is 11.5 Å². The van der Waals surface area contributed by atoms with Crippen LogP contribution in [0, 0.1) is 0 Å². The highest BCUT2D eigenvalue weighted by atomic mass is 35.5. The first-order valence-corrected chi connectivity index (χ1v) is 11.2. The van der Waals surface area contributed by atoms with E-state index in [9.17, 15) is 9.59 Å². The number of nitrogens with one attached hydrogen (secondary N) is 1. The molecule has 0 spiro atoms. The molecular weight excluding hydrogens is 440 g/mol. The zero-order valence-corrected chi connectivity index (χ0v) is 19.0. The van der Waals surface area contributed by atoms with Gasteiger partial charge in [0.1, 0.15) is 11.5 Å². The van der Waals surface area contributed by atoms with Crippen molar-refractivity contribution in [2.75, 3.05) is 16.8 Å². The van der Waals surface area contributed by atoms with Crippen molar-refractivity contribution >= 4 is 34.8 Å². The Labute approximate surface area is 198 Å². The van der Waals surface area contributed by atoms with Crippen molar-refractivity contribution in [3.05, 3.63) is 83.4 Å². The van der Waals surface area contributed by atoms with Crippen molar-refractivity contribution in [2.24, 2.45) is 0 Å². The largest absolute Gasteiger partial charge is 0.494 e. The van der Waals surface area contributed by atoms with Gasteiger partial charge in [-0.25, -0.2) is 0 Å². The maximum Gasteiger partial charge on any atom is 0.268 e. The Balaban J connectivity index is 1.41. The Morgan fingerprint density at radius 3 is 2.64 bits per heavy atom. The summed E-state index contributed by atoms with van der Waals surface area (Å²) in [6.07, 6.45) is 0.299. The smallest absolute Gasteiger partial charge is 0.268 e. The van der Waals surface area contributed by atoms with Crippen LogP contribution < -0.4 is 19.7 Å². The molecule has 4 rings (SSSR count). The topological polar surface area (TPSA) is 67.9 Å². The third-order valence-electron chi connectivity index (χ3n) is 5.30. The van der Waals surface area contributed by atoms with E-state index in [0.717, 1.165) is 11.3 Å². The minimum Gasteiger partial charge on any atom is -0.494 e. The molecule has 0 radical (unpaired) electrons. The number of hydrogen-bond donors (Lipinski definition) is 1. The number of anilines is 2. The first-order valence-electron chi connectivity index (χ1n) is 10.8. The molecule has 2 amide bonds. The summed E-state index contributed by atoms with van der Waals surface area (Å²) in [4.78, 5) is 27.0. The fraction of sp³-hybridized carbons (Fsp3) is 0.231. The van der Waals surface area contributed by atoms with Gasteiger partial charge in [-0.2, -0.15) is 0 Å². The molecule has 1 unspecified atom stereocenters. The zero-order chi connectivity index (χ0) is 23.2. The van der Waals surface area contributed by atoms with Crippen LogP contribution in [0.1, 0.15) is 25.3 Å². The highest BCUT2D eigenvalue weighted by molar-refractivity contribution is 6.31. The molecule has 3 aromatic carbocycles. The molecule has 1 atom stereocenters. The third-order valence-corrected chi connectivity index (χ3v) is 5.67. The number of para-hydroxylation sites is 1. The molecule has 6 nitrogen and oxygen atoms in total. The van der Waals surface area contributed by atoms with Gasteiger partial charge in [0.15, 0.2) is 6.10 Å². The lowest BCUT2D eigenvalue weighted by Crippen LogP contribution is -2.44. The number of ether oxygens (including phenoxy) is 2. The molecule has 7 heteroatoms. The Morgan fingerprint density at radius 1 is 1.09 bits per heavy atom. The van der Waals surface area contributed by atoms with E-state index in [0.29, 0.717) is 48.1 Å². The van der Waals surface area contributed by atoms with Crippen LogP contribution in [0.15, 0.2) is 72.8 Å². The minimum atomic E-state index is -0.606. The zero-order valence-electron chi connectivity index (χ0n) is 18.3. The quantitative estimate of drug-likeness (QED) is 0.450. The maximum absolute atomic E-state index is 12.9. The van der Waals surface area contributed by atoms with Gasteiger partial charge >= 0.3 is 0 Å². The van der Waals surface area contributed by atoms with Crippen LogP contribution >= 0.6 is 11.6 Å². The van der Waals surface area contributed by atoms with Gasteiger partial charge in [0, 0.05) is 17.1 Å². The fourth-order valence-corrected chi connectivity index (χ4v) is 3.80. The minimum absolute atomic E-state index is 0.124. The van der Waals surface area contributed by atoms with Gasteiger partial charge in [0.25, 0.3) is 5.91 Å². The van der Waals surface area contributed by atoms with E-state index in [2.05, 4.69) is 5.32 Å². The first-order chi connectivity index (χ1) is 16.0. The maximum atomic E-state index is 12.9. The summed E-state index contributed by atoms with van der Waals surface area (Å²) in [7, 11) is 0. The van der Waals surface area contributed by atoms with Crippen molar-refractivity contribution in [3.8, 4) is 11.5 Å². The molecule has 3 aromatic rings. The van der Waals surface area contributed by atoms with E-state index in [4.69, 9.17) is 21.1 Å². The molecule has 0 bridgehead atoms. The van der Waals surface area contributed by atoms with Gasteiger partial charge in [-0.1, -0.05) is 48.0 Å². The first kappa shape index (κ1) is 22.7. The highest BCUT2D eigenvalue weighted by Crippen LogP contribution is 2.37. The normalized spacial score (nSPS) is 14.9. The van der Waals surface area contributed by atoms with Gasteiger partial charge in [0.2, 0.25) is 5.91 Å². The van der Waals surface area contributed by atoms with Crippen LogP contribution in [0.2, 0.25) is 5.02 Å². The second-order valence-electron chi connectivity index (χ2n) is 7.77. The number of carbonyl (C=O) groups is 2. The second kappa shape index (κ2) is 10.4. The summed E-state index contributed by atoms with van der Waals surface area (Å²) < 4.78 is 11.4. The summed E-state index contributed by atoms with van der Waals surface area (Å²) in [5, 5.41) is 3.49. The van der Waals surface area contributed by atoms with Gasteiger partial charge in [-0.15, -0.1) is 0 Å². The van der Waals surface area contributed by atoms with Crippen LogP contribution in [0.3, 0.4) is 0 Å². The van der Waals surface area contributed by atoms with E-state index in [1.165, 1.54) is 0 Å². The molecule has 33 heavy (non-hydrogen) atoms. The number of benzene rings is 3. The highest BCUT2D eigenvalue weighted by Gasteiger charge is 2.32.